The van der Waals surface area contributed by atoms with E-state index >= 15 is 0 Å². The lowest BCUT2D eigenvalue weighted by molar-refractivity contribution is 0.0124. The van der Waals surface area contributed by atoms with E-state index in [1.807, 2.05) is 13.8 Å². The van der Waals surface area contributed by atoms with Crippen LogP contribution in [0, 0.1) is 0 Å². The van der Waals surface area contributed by atoms with Crippen molar-refractivity contribution in [2.75, 3.05) is 0 Å². The zero-order chi connectivity index (χ0) is 14.6. The number of aliphatic hydroxyl groups excluding tert-OH is 4. The predicted molar refractivity (Wildman–Crippen MR) is 74.4 cm³/mol. The van der Waals surface area contributed by atoms with Crippen LogP contribution in [0.1, 0.15) is 66.2 Å². The van der Waals surface area contributed by atoms with E-state index in [0.29, 0.717) is 12.8 Å². The Bertz CT molecular complexity index is 152. The quantitative estimate of drug-likeness (QED) is 0.539. The van der Waals surface area contributed by atoms with Crippen LogP contribution < -0.4 is 0 Å². The molecule has 0 rings (SSSR count). The second-order valence-corrected chi connectivity index (χ2v) is 4.96. The van der Waals surface area contributed by atoms with Crippen LogP contribution in [0.3, 0.4) is 0 Å². The van der Waals surface area contributed by atoms with Gasteiger partial charge in [0.05, 0.1) is 24.4 Å². The summed E-state index contributed by atoms with van der Waals surface area (Å²) in [5.41, 5.74) is 0. The van der Waals surface area contributed by atoms with E-state index in [-0.39, 0.29) is 12.2 Å². The van der Waals surface area contributed by atoms with Crippen LogP contribution in [-0.4, -0.2) is 44.8 Å². The molecule has 4 heteroatoms. The molecule has 0 amide bonds. The van der Waals surface area contributed by atoms with E-state index in [4.69, 9.17) is 20.4 Å². The maximum Gasteiger partial charge on any atom is 0.0798 e. The van der Waals surface area contributed by atoms with Crippen molar-refractivity contribution >= 4 is 0 Å². The van der Waals surface area contributed by atoms with E-state index in [1.165, 1.54) is 0 Å². The van der Waals surface area contributed by atoms with Crippen molar-refractivity contribution in [2.24, 2.45) is 0 Å². The smallest absolute Gasteiger partial charge is 0.0798 e. The van der Waals surface area contributed by atoms with Crippen LogP contribution in [0.4, 0.5) is 0 Å². The van der Waals surface area contributed by atoms with E-state index in [1.54, 1.807) is 13.8 Å². The highest BCUT2D eigenvalue weighted by Crippen LogP contribution is 2.04. The summed E-state index contributed by atoms with van der Waals surface area (Å²) in [6, 6.07) is 0. The first kappa shape index (κ1) is 20.2. The van der Waals surface area contributed by atoms with Gasteiger partial charge in [0.2, 0.25) is 0 Å². The molecular formula is C14H32O4. The van der Waals surface area contributed by atoms with Crippen molar-refractivity contribution in [1.82, 2.24) is 0 Å². The molecule has 0 saturated carbocycles. The average Bonchev–Trinajstić information content (AvgIpc) is 2.28. The SMILES string of the molecule is CC(O)CCCC(C)O.CCCC(O)C(O)CC. The summed E-state index contributed by atoms with van der Waals surface area (Å²) in [5.74, 6) is 0. The Kier molecular flexibility index (Phi) is 14.9. The van der Waals surface area contributed by atoms with Gasteiger partial charge >= 0.3 is 0 Å². The molecule has 4 N–H and O–H groups in total. The highest BCUT2D eigenvalue weighted by Gasteiger charge is 2.11. The lowest BCUT2D eigenvalue weighted by Crippen LogP contribution is -2.24. The van der Waals surface area contributed by atoms with Gasteiger partial charge < -0.3 is 20.4 Å². The Morgan fingerprint density at radius 2 is 1.17 bits per heavy atom. The molecule has 0 bridgehead atoms. The van der Waals surface area contributed by atoms with Crippen molar-refractivity contribution in [3.8, 4) is 0 Å². The maximum atomic E-state index is 9.07. The van der Waals surface area contributed by atoms with E-state index < -0.39 is 12.2 Å². The Morgan fingerprint density at radius 1 is 0.722 bits per heavy atom. The van der Waals surface area contributed by atoms with Gasteiger partial charge in [-0.25, -0.2) is 0 Å². The molecule has 0 aromatic heterocycles. The van der Waals surface area contributed by atoms with Crippen molar-refractivity contribution in [1.29, 1.82) is 0 Å². The number of hydrogen-bond donors (Lipinski definition) is 4. The maximum absolute atomic E-state index is 9.07. The van der Waals surface area contributed by atoms with E-state index in [9.17, 15) is 0 Å². The molecule has 4 nitrogen and oxygen atoms in total. The largest absolute Gasteiger partial charge is 0.393 e. The Hall–Kier alpha value is -0.160. The van der Waals surface area contributed by atoms with Crippen molar-refractivity contribution in [3.63, 3.8) is 0 Å². The van der Waals surface area contributed by atoms with E-state index in [2.05, 4.69) is 0 Å². The number of aliphatic hydroxyl groups is 4. The van der Waals surface area contributed by atoms with Gasteiger partial charge in [-0.2, -0.15) is 0 Å². The summed E-state index contributed by atoms with van der Waals surface area (Å²) in [6.07, 6.45) is 3.30. The molecule has 4 atom stereocenters. The first-order valence-corrected chi connectivity index (χ1v) is 7.07. The molecule has 0 saturated heterocycles. The van der Waals surface area contributed by atoms with Crippen LogP contribution in [0.5, 0.6) is 0 Å². The predicted octanol–water partition coefficient (Wildman–Crippen LogP) is 1.84. The van der Waals surface area contributed by atoms with Gasteiger partial charge in [-0.1, -0.05) is 20.3 Å². The van der Waals surface area contributed by atoms with Gasteiger partial charge in [-0.15, -0.1) is 0 Å². The third kappa shape index (κ3) is 15.8. The molecule has 0 aromatic carbocycles. The summed E-state index contributed by atoms with van der Waals surface area (Å²) in [7, 11) is 0. The molecule has 0 radical (unpaired) electrons. The first-order valence-electron chi connectivity index (χ1n) is 7.07. The first-order chi connectivity index (χ1) is 8.34. The van der Waals surface area contributed by atoms with Gasteiger partial charge in [-0.3, -0.25) is 0 Å². The highest BCUT2D eigenvalue weighted by atomic mass is 16.3. The van der Waals surface area contributed by atoms with Gasteiger partial charge in [0, 0.05) is 0 Å². The fourth-order valence-electron chi connectivity index (χ4n) is 1.47. The average molecular weight is 264 g/mol. The van der Waals surface area contributed by atoms with Crippen LogP contribution in [0.2, 0.25) is 0 Å². The Morgan fingerprint density at radius 3 is 1.44 bits per heavy atom. The summed E-state index contributed by atoms with van der Waals surface area (Å²) >= 11 is 0. The summed E-state index contributed by atoms with van der Waals surface area (Å²) in [4.78, 5) is 0. The molecule has 0 fully saturated rings. The van der Waals surface area contributed by atoms with Crippen molar-refractivity contribution in [2.45, 2.75) is 90.6 Å². The molecule has 0 aliphatic rings. The second-order valence-electron chi connectivity index (χ2n) is 4.96. The van der Waals surface area contributed by atoms with Crippen molar-refractivity contribution < 1.29 is 20.4 Å². The van der Waals surface area contributed by atoms with Gasteiger partial charge in [0.1, 0.15) is 0 Å². The lowest BCUT2D eigenvalue weighted by atomic mass is 10.1. The van der Waals surface area contributed by atoms with Gasteiger partial charge in [0.15, 0.2) is 0 Å². The molecule has 0 aromatic rings. The highest BCUT2D eigenvalue weighted by molar-refractivity contribution is 4.63. The van der Waals surface area contributed by atoms with Gasteiger partial charge in [-0.05, 0) is 46.0 Å². The topological polar surface area (TPSA) is 80.9 Å². The summed E-state index contributed by atoms with van der Waals surface area (Å²) in [5, 5.41) is 35.6. The molecule has 4 unspecified atom stereocenters. The fraction of sp³-hybridized carbons (Fsp3) is 1.00. The molecular weight excluding hydrogens is 232 g/mol. The van der Waals surface area contributed by atoms with E-state index in [0.717, 1.165) is 25.7 Å². The number of hydrogen-bond acceptors (Lipinski definition) is 4. The molecule has 0 aliphatic heterocycles. The summed E-state index contributed by atoms with van der Waals surface area (Å²) in [6.45, 7) is 7.39. The van der Waals surface area contributed by atoms with Crippen LogP contribution >= 0.6 is 0 Å². The fourth-order valence-corrected chi connectivity index (χ4v) is 1.47. The van der Waals surface area contributed by atoms with Crippen LogP contribution in [0.25, 0.3) is 0 Å². The third-order valence-corrected chi connectivity index (χ3v) is 2.69. The Labute approximate surface area is 112 Å². The molecule has 0 aliphatic carbocycles. The zero-order valence-electron chi connectivity index (χ0n) is 12.3. The summed E-state index contributed by atoms with van der Waals surface area (Å²) < 4.78 is 0. The Balaban J connectivity index is 0. The molecule has 18 heavy (non-hydrogen) atoms. The van der Waals surface area contributed by atoms with Crippen molar-refractivity contribution in [3.05, 3.63) is 0 Å². The van der Waals surface area contributed by atoms with Crippen LogP contribution in [0.15, 0.2) is 0 Å². The molecule has 0 spiro atoms. The third-order valence-electron chi connectivity index (χ3n) is 2.69. The second kappa shape index (κ2) is 13.3. The normalized spacial score (nSPS) is 17.3. The minimum atomic E-state index is -0.523. The van der Waals surface area contributed by atoms with Gasteiger partial charge in [0.25, 0.3) is 0 Å². The van der Waals surface area contributed by atoms with Crippen LogP contribution in [-0.2, 0) is 0 Å². The lowest BCUT2D eigenvalue weighted by Gasteiger charge is -2.14. The number of rotatable bonds is 8. The zero-order valence-corrected chi connectivity index (χ0v) is 12.3. The standard InChI is InChI=1S/2C7H16O2/c1-6(8)4-3-5-7(2)9;1-3-5-7(9)6(8)4-2/h2*6-9H,3-5H2,1-2H3. The molecule has 112 valence electrons. The molecule has 0 heterocycles. The monoisotopic (exact) mass is 264 g/mol. The minimum Gasteiger partial charge on any atom is -0.393 e. The minimum absolute atomic E-state index is 0.219.